The van der Waals surface area contributed by atoms with Gasteiger partial charge in [-0.1, -0.05) is 22.9 Å². The molecule has 0 saturated carbocycles. The van der Waals surface area contributed by atoms with Crippen LogP contribution >= 0.6 is 10.9 Å². The van der Waals surface area contributed by atoms with Crippen molar-refractivity contribution in [2.24, 2.45) is 5.16 Å². The summed E-state index contributed by atoms with van der Waals surface area (Å²) >= 11 is 0. The second-order valence-electron chi connectivity index (χ2n) is 4.66. The molecule has 0 amide bonds. The third kappa shape index (κ3) is 4.23. The molecule has 2 aromatic carbocycles. The van der Waals surface area contributed by atoms with Gasteiger partial charge in [-0.15, -0.1) is 0 Å². The van der Waals surface area contributed by atoms with Gasteiger partial charge in [0.05, 0.1) is 12.0 Å². The van der Waals surface area contributed by atoms with E-state index in [2.05, 4.69) is 5.16 Å². The topological polar surface area (TPSA) is 95.1 Å². The van der Waals surface area contributed by atoms with Crippen molar-refractivity contribution in [1.82, 2.24) is 0 Å². The second-order valence-corrected chi connectivity index (χ2v) is 6.28. The minimum atomic E-state index is -3.57. The van der Waals surface area contributed by atoms with Gasteiger partial charge in [-0.25, -0.2) is 0 Å². The molecule has 23 heavy (non-hydrogen) atoms. The Morgan fingerprint density at radius 1 is 1.09 bits per heavy atom. The maximum atomic E-state index is 10.0. The molecule has 6 nitrogen and oxygen atoms in total. The van der Waals surface area contributed by atoms with Crippen LogP contribution in [-0.4, -0.2) is 21.9 Å². The van der Waals surface area contributed by atoms with Crippen LogP contribution in [0.25, 0.3) is 0 Å². The van der Waals surface area contributed by atoms with E-state index in [1.54, 1.807) is 48.5 Å². The van der Waals surface area contributed by atoms with Gasteiger partial charge in [0, 0.05) is 5.56 Å². The molecule has 0 fully saturated rings. The van der Waals surface area contributed by atoms with E-state index >= 15 is 0 Å². The van der Waals surface area contributed by atoms with E-state index in [9.17, 15) is 9.11 Å². The first-order valence-corrected chi connectivity index (χ1v) is 8.09. The van der Waals surface area contributed by atoms with E-state index in [1.807, 2.05) is 13.0 Å². The van der Waals surface area contributed by atoms with Crippen LogP contribution in [-0.2, 0) is 4.28 Å². The molecule has 2 N–H and O–H groups in total. The third-order valence-electron chi connectivity index (χ3n) is 3.03. The zero-order chi connectivity index (χ0) is 16.9. The number of hydrogen-bond donors (Lipinski definition) is 2. The van der Waals surface area contributed by atoms with Crippen molar-refractivity contribution in [2.75, 3.05) is 7.11 Å². The van der Waals surface area contributed by atoms with Crippen LogP contribution in [0.1, 0.15) is 11.1 Å². The lowest BCUT2D eigenvalue weighted by Crippen LogP contribution is -2.04. The molecular formula is C16H16N2O4S. The molecule has 0 radical (unpaired) electrons. The molecular weight excluding hydrogens is 316 g/mol. The van der Waals surface area contributed by atoms with Crippen LogP contribution in [0, 0.1) is 18.3 Å². The maximum absolute atomic E-state index is 10.0. The fourth-order valence-corrected chi connectivity index (χ4v) is 2.49. The van der Waals surface area contributed by atoms with Gasteiger partial charge in [0.1, 0.15) is 11.8 Å². The number of oxime groups is 1. The van der Waals surface area contributed by atoms with Crippen LogP contribution < -0.4 is 4.74 Å². The highest BCUT2D eigenvalue weighted by molar-refractivity contribution is 8.20. The Morgan fingerprint density at radius 2 is 1.70 bits per heavy atom. The number of ether oxygens (including phenoxy) is 1. The number of hydrogen-bond acceptors (Lipinski definition) is 6. The Balaban J connectivity index is 2.21. The van der Waals surface area contributed by atoms with E-state index in [0.29, 0.717) is 11.3 Å². The normalized spacial score (nSPS) is 12.4. The monoisotopic (exact) mass is 332 g/mol. The fourth-order valence-electron chi connectivity index (χ4n) is 1.73. The van der Waals surface area contributed by atoms with E-state index < -0.39 is 10.9 Å². The number of rotatable bonds is 5. The van der Waals surface area contributed by atoms with Crippen molar-refractivity contribution in [3.63, 3.8) is 0 Å². The van der Waals surface area contributed by atoms with Crippen molar-refractivity contribution in [1.29, 1.82) is 5.26 Å². The summed E-state index contributed by atoms with van der Waals surface area (Å²) in [6, 6.07) is 15.0. The molecule has 0 atom stereocenters. The molecule has 7 heteroatoms. The van der Waals surface area contributed by atoms with Crippen LogP contribution in [0.15, 0.2) is 58.6 Å². The summed E-state index contributed by atoms with van der Waals surface area (Å²) in [6.45, 7) is 1.88. The molecule has 2 aromatic rings. The quantitative estimate of drug-likeness (QED) is 0.638. The van der Waals surface area contributed by atoms with Gasteiger partial charge in [0.15, 0.2) is 16.6 Å². The summed E-state index contributed by atoms with van der Waals surface area (Å²) in [5, 5.41) is 12.8. The predicted molar refractivity (Wildman–Crippen MR) is 88.5 cm³/mol. The summed E-state index contributed by atoms with van der Waals surface area (Å²) in [4.78, 5) is 0.193. The Morgan fingerprint density at radius 3 is 2.22 bits per heavy atom. The first kappa shape index (κ1) is 16.8. The van der Waals surface area contributed by atoms with Crippen molar-refractivity contribution < 1.29 is 18.1 Å². The summed E-state index contributed by atoms with van der Waals surface area (Å²) < 4.78 is 29.9. The van der Waals surface area contributed by atoms with Crippen LogP contribution in [0.2, 0.25) is 0 Å². The Kier molecular flexibility index (Phi) is 5.24. The van der Waals surface area contributed by atoms with Crippen LogP contribution in [0.4, 0.5) is 0 Å². The number of benzene rings is 2. The standard InChI is InChI=1S/C16H16N2O4S/c1-12-3-9-15(10-4-12)23(19,20)22-18-16(11-17)13-5-7-14(21-2)8-6-13/h3-10,19-20H,1-2H3/b18-16+. The van der Waals surface area contributed by atoms with E-state index in [-0.39, 0.29) is 10.6 Å². The summed E-state index contributed by atoms with van der Waals surface area (Å²) in [6.07, 6.45) is 0. The molecule has 0 unspecified atom stereocenters. The number of aryl methyl sites for hydroxylation is 1. The van der Waals surface area contributed by atoms with E-state index in [4.69, 9.17) is 14.3 Å². The molecule has 2 rings (SSSR count). The smallest absolute Gasteiger partial charge is 0.188 e. The van der Waals surface area contributed by atoms with Gasteiger partial charge in [0.25, 0.3) is 0 Å². The third-order valence-corrected chi connectivity index (χ3v) is 4.20. The van der Waals surface area contributed by atoms with Gasteiger partial charge in [-0.05, 0) is 43.3 Å². The maximum Gasteiger partial charge on any atom is 0.188 e. The minimum Gasteiger partial charge on any atom is -0.497 e. The van der Waals surface area contributed by atoms with E-state index in [0.717, 1.165) is 5.56 Å². The largest absolute Gasteiger partial charge is 0.497 e. The molecule has 120 valence electrons. The summed E-state index contributed by atoms with van der Waals surface area (Å²) in [7, 11) is -2.03. The highest BCUT2D eigenvalue weighted by atomic mass is 32.3. The minimum absolute atomic E-state index is 0.0697. The van der Waals surface area contributed by atoms with Crippen LogP contribution in [0.5, 0.6) is 5.75 Å². The first-order chi connectivity index (χ1) is 11.0. The Bertz CT molecular complexity index is 734. The van der Waals surface area contributed by atoms with Crippen molar-refractivity contribution >= 4 is 16.6 Å². The average molecular weight is 332 g/mol. The molecule has 0 aliphatic rings. The van der Waals surface area contributed by atoms with Crippen molar-refractivity contribution in [3.05, 3.63) is 59.7 Å². The number of methoxy groups -OCH3 is 1. The first-order valence-electron chi connectivity index (χ1n) is 6.62. The average Bonchev–Trinajstić information content (AvgIpc) is 2.56. The Hall–Kier alpha value is -2.53. The molecule has 0 heterocycles. The molecule has 0 aliphatic heterocycles. The SMILES string of the molecule is COc1ccc(/C(C#N)=N/OS(O)(O)c2ccc(C)cc2)cc1. The zero-order valence-corrected chi connectivity index (χ0v) is 13.4. The lowest BCUT2D eigenvalue weighted by molar-refractivity contribution is 0.276. The molecule has 0 aliphatic carbocycles. The van der Waals surface area contributed by atoms with Crippen molar-refractivity contribution in [2.45, 2.75) is 11.8 Å². The zero-order valence-electron chi connectivity index (χ0n) is 12.6. The number of nitriles is 1. The van der Waals surface area contributed by atoms with Gasteiger partial charge < -0.3 is 4.74 Å². The predicted octanol–water partition coefficient (Wildman–Crippen LogP) is 3.97. The van der Waals surface area contributed by atoms with E-state index in [1.165, 1.54) is 7.11 Å². The summed E-state index contributed by atoms with van der Waals surface area (Å²) in [5.41, 5.74) is 1.38. The highest BCUT2D eigenvalue weighted by Gasteiger charge is 2.22. The lowest BCUT2D eigenvalue weighted by Gasteiger charge is -2.23. The molecule has 0 bridgehead atoms. The number of nitrogens with zero attached hydrogens (tertiary/aromatic N) is 2. The fraction of sp³-hybridized carbons (Fsp3) is 0.125. The molecule has 0 spiro atoms. The second kappa shape index (κ2) is 7.15. The van der Waals surface area contributed by atoms with Crippen LogP contribution in [0.3, 0.4) is 0 Å². The van der Waals surface area contributed by atoms with Crippen molar-refractivity contribution in [3.8, 4) is 11.8 Å². The highest BCUT2D eigenvalue weighted by Crippen LogP contribution is 2.49. The van der Waals surface area contributed by atoms with Gasteiger partial charge in [-0.2, -0.15) is 5.26 Å². The molecule has 0 saturated heterocycles. The Labute approximate surface area is 136 Å². The lowest BCUT2D eigenvalue weighted by atomic mass is 10.1. The van der Waals surface area contributed by atoms with Gasteiger partial charge in [0.2, 0.25) is 0 Å². The molecule has 0 aromatic heterocycles. The van der Waals surface area contributed by atoms with Gasteiger partial charge >= 0.3 is 0 Å². The van der Waals surface area contributed by atoms with Gasteiger partial charge in [-0.3, -0.25) is 13.4 Å². The summed E-state index contributed by atoms with van der Waals surface area (Å²) in [5.74, 6) is 0.635.